The maximum absolute atomic E-state index is 13.3. The molecule has 0 bridgehead atoms. The summed E-state index contributed by atoms with van der Waals surface area (Å²) >= 11 is 0. The number of carbonyl (C=O) groups is 1. The second kappa shape index (κ2) is 9.15. The van der Waals surface area contributed by atoms with Crippen molar-refractivity contribution in [2.45, 2.75) is 43.7 Å². The number of methoxy groups -OCH3 is 2. The highest BCUT2D eigenvalue weighted by Gasteiger charge is 2.50. The van der Waals surface area contributed by atoms with Gasteiger partial charge in [-0.15, -0.1) is 0 Å². The molecule has 2 aromatic carbocycles. The standard InChI is InChI=1S/C26H31NO4/c1-30-20-12-13-21(23(18-20)31-2)25-22-10-6-7-15-26(22,29)16-17-27(25)24(28)14-11-19-8-4-3-5-9-19/h3-5,8-9,11-14,18,22,25,29H,6-7,10,15-17H2,1-2H3/t22-,25-,26+/m1/s1. The number of likely N-dealkylation sites (tertiary alicyclic amines) is 1. The summed E-state index contributed by atoms with van der Waals surface area (Å²) in [4.78, 5) is 15.3. The van der Waals surface area contributed by atoms with E-state index in [9.17, 15) is 9.90 Å². The van der Waals surface area contributed by atoms with Gasteiger partial charge in [-0.1, -0.05) is 43.2 Å². The third kappa shape index (κ3) is 4.33. The lowest BCUT2D eigenvalue weighted by molar-refractivity contribution is -0.151. The molecule has 164 valence electrons. The van der Waals surface area contributed by atoms with Crippen molar-refractivity contribution in [3.8, 4) is 11.5 Å². The molecule has 1 amide bonds. The fourth-order valence-corrected chi connectivity index (χ4v) is 5.20. The van der Waals surface area contributed by atoms with Gasteiger partial charge >= 0.3 is 0 Å². The molecular weight excluding hydrogens is 390 g/mol. The molecule has 5 nitrogen and oxygen atoms in total. The predicted octanol–water partition coefficient (Wildman–Crippen LogP) is 4.61. The molecule has 1 aliphatic carbocycles. The molecule has 1 heterocycles. The van der Waals surface area contributed by atoms with Crippen LogP contribution in [0.5, 0.6) is 11.5 Å². The van der Waals surface area contributed by atoms with Gasteiger partial charge in [0.2, 0.25) is 5.91 Å². The number of piperidine rings is 1. The van der Waals surface area contributed by atoms with Gasteiger partial charge in [-0.05, 0) is 43.0 Å². The number of aliphatic hydroxyl groups is 1. The van der Waals surface area contributed by atoms with Crippen LogP contribution < -0.4 is 9.47 Å². The third-order valence-electron chi connectivity index (χ3n) is 6.83. The summed E-state index contributed by atoms with van der Waals surface area (Å²) in [5, 5.41) is 11.5. The summed E-state index contributed by atoms with van der Waals surface area (Å²) in [6.45, 7) is 0.519. The van der Waals surface area contributed by atoms with Gasteiger partial charge in [-0.2, -0.15) is 0 Å². The van der Waals surface area contributed by atoms with E-state index < -0.39 is 5.60 Å². The molecule has 2 aliphatic rings. The van der Waals surface area contributed by atoms with Gasteiger partial charge < -0.3 is 19.5 Å². The Morgan fingerprint density at radius 3 is 2.65 bits per heavy atom. The first kappa shape index (κ1) is 21.4. The average molecular weight is 422 g/mol. The molecular formula is C26H31NO4. The van der Waals surface area contributed by atoms with Gasteiger partial charge in [-0.3, -0.25) is 4.79 Å². The summed E-state index contributed by atoms with van der Waals surface area (Å²) in [7, 11) is 3.26. The molecule has 1 N–H and O–H groups in total. The van der Waals surface area contributed by atoms with Crippen LogP contribution in [-0.2, 0) is 4.79 Å². The van der Waals surface area contributed by atoms with Crippen LogP contribution in [-0.4, -0.2) is 42.3 Å². The van der Waals surface area contributed by atoms with Gasteiger partial charge in [0.15, 0.2) is 0 Å². The Morgan fingerprint density at radius 2 is 1.90 bits per heavy atom. The maximum Gasteiger partial charge on any atom is 0.247 e. The Hall–Kier alpha value is -2.79. The maximum atomic E-state index is 13.3. The van der Waals surface area contributed by atoms with Crippen molar-refractivity contribution in [1.29, 1.82) is 0 Å². The third-order valence-corrected chi connectivity index (χ3v) is 6.83. The number of nitrogens with zero attached hydrogens (tertiary/aromatic N) is 1. The molecule has 1 saturated carbocycles. The van der Waals surface area contributed by atoms with E-state index in [1.165, 1.54) is 0 Å². The Balaban J connectivity index is 1.72. The largest absolute Gasteiger partial charge is 0.497 e. The van der Waals surface area contributed by atoms with Crippen LogP contribution in [0, 0.1) is 5.92 Å². The van der Waals surface area contributed by atoms with Crippen LogP contribution in [0.4, 0.5) is 0 Å². The van der Waals surface area contributed by atoms with Crippen molar-refractivity contribution in [3.05, 3.63) is 65.7 Å². The lowest BCUT2D eigenvalue weighted by Crippen LogP contribution is -2.56. The van der Waals surface area contributed by atoms with Crippen LogP contribution in [0.1, 0.15) is 49.3 Å². The molecule has 5 heteroatoms. The lowest BCUT2D eigenvalue weighted by atomic mass is 9.66. The van der Waals surface area contributed by atoms with E-state index in [2.05, 4.69) is 0 Å². The quantitative estimate of drug-likeness (QED) is 0.716. The zero-order chi connectivity index (χ0) is 21.8. The van der Waals surface area contributed by atoms with Crippen LogP contribution in [0.2, 0.25) is 0 Å². The fraction of sp³-hybridized carbons (Fsp3) is 0.423. The van der Waals surface area contributed by atoms with E-state index in [0.717, 1.165) is 36.8 Å². The topological polar surface area (TPSA) is 59.0 Å². The molecule has 2 fully saturated rings. The number of hydrogen-bond donors (Lipinski definition) is 1. The molecule has 1 saturated heterocycles. The number of benzene rings is 2. The Labute approximate surface area is 184 Å². The first-order valence-electron chi connectivity index (χ1n) is 11.0. The zero-order valence-corrected chi connectivity index (χ0v) is 18.3. The van der Waals surface area contributed by atoms with Crippen molar-refractivity contribution in [1.82, 2.24) is 4.90 Å². The number of rotatable bonds is 5. The molecule has 1 aliphatic heterocycles. The molecule has 2 aromatic rings. The number of amides is 1. The van der Waals surface area contributed by atoms with Crippen molar-refractivity contribution in [2.24, 2.45) is 5.92 Å². The molecule has 0 aromatic heterocycles. The minimum absolute atomic E-state index is 0.0219. The highest BCUT2D eigenvalue weighted by atomic mass is 16.5. The van der Waals surface area contributed by atoms with E-state index in [4.69, 9.17) is 9.47 Å². The Kier molecular flexibility index (Phi) is 6.33. The number of hydrogen-bond acceptors (Lipinski definition) is 4. The van der Waals surface area contributed by atoms with Crippen molar-refractivity contribution in [3.63, 3.8) is 0 Å². The molecule has 31 heavy (non-hydrogen) atoms. The molecule has 0 spiro atoms. The van der Waals surface area contributed by atoms with Crippen LogP contribution in [0.25, 0.3) is 6.08 Å². The lowest BCUT2D eigenvalue weighted by Gasteiger charge is -2.52. The number of ether oxygens (including phenoxy) is 2. The van der Waals surface area contributed by atoms with Crippen molar-refractivity contribution < 1.29 is 19.4 Å². The molecule has 4 rings (SSSR count). The van der Waals surface area contributed by atoms with E-state index in [1.807, 2.05) is 59.5 Å². The zero-order valence-electron chi connectivity index (χ0n) is 18.3. The van der Waals surface area contributed by atoms with Crippen LogP contribution in [0.3, 0.4) is 0 Å². The van der Waals surface area contributed by atoms with Crippen molar-refractivity contribution >= 4 is 12.0 Å². The summed E-state index contributed by atoms with van der Waals surface area (Å²) in [6.07, 6.45) is 7.87. The minimum atomic E-state index is -0.742. The normalized spacial score (nSPS) is 25.8. The Bertz CT molecular complexity index is 942. The second-order valence-electron chi connectivity index (χ2n) is 8.53. The van der Waals surface area contributed by atoms with Crippen molar-refractivity contribution in [2.75, 3.05) is 20.8 Å². The number of fused-ring (bicyclic) bond motifs is 1. The van der Waals surface area contributed by atoms with Crippen LogP contribution >= 0.6 is 0 Å². The van der Waals surface area contributed by atoms with Crippen LogP contribution in [0.15, 0.2) is 54.6 Å². The summed E-state index contributed by atoms with van der Waals surface area (Å²) in [6, 6.07) is 15.3. The first-order valence-corrected chi connectivity index (χ1v) is 11.0. The SMILES string of the molecule is COc1ccc([C@@H]2[C@H]3CCCC[C@]3(O)CCN2C(=O)C=Cc2ccccc2)c(OC)c1. The molecule has 3 atom stereocenters. The smallest absolute Gasteiger partial charge is 0.247 e. The van der Waals surface area contributed by atoms with Gasteiger partial charge in [0.05, 0.1) is 25.9 Å². The highest BCUT2D eigenvalue weighted by Crippen LogP contribution is 2.51. The van der Waals surface area contributed by atoms with Gasteiger partial charge in [-0.25, -0.2) is 0 Å². The number of carbonyl (C=O) groups excluding carboxylic acids is 1. The molecule has 0 radical (unpaired) electrons. The summed E-state index contributed by atoms with van der Waals surface area (Å²) < 4.78 is 11.1. The highest BCUT2D eigenvalue weighted by molar-refractivity contribution is 5.92. The second-order valence-corrected chi connectivity index (χ2v) is 8.53. The van der Waals surface area contributed by atoms with E-state index >= 15 is 0 Å². The fourth-order valence-electron chi connectivity index (χ4n) is 5.20. The monoisotopic (exact) mass is 421 g/mol. The van der Waals surface area contributed by atoms with E-state index in [1.54, 1.807) is 20.3 Å². The summed E-state index contributed by atoms with van der Waals surface area (Å²) in [5.41, 5.74) is 1.17. The minimum Gasteiger partial charge on any atom is -0.497 e. The van der Waals surface area contributed by atoms with Gasteiger partial charge in [0.25, 0.3) is 0 Å². The molecule has 0 unspecified atom stereocenters. The first-order chi connectivity index (χ1) is 15.1. The van der Waals surface area contributed by atoms with E-state index in [-0.39, 0.29) is 17.9 Å². The Morgan fingerprint density at radius 1 is 1.10 bits per heavy atom. The summed E-state index contributed by atoms with van der Waals surface area (Å²) in [5.74, 6) is 1.33. The van der Waals surface area contributed by atoms with Gasteiger partial charge in [0, 0.05) is 30.2 Å². The predicted molar refractivity (Wildman–Crippen MR) is 121 cm³/mol. The van der Waals surface area contributed by atoms with E-state index in [0.29, 0.717) is 24.5 Å². The van der Waals surface area contributed by atoms with Gasteiger partial charge in [0.1, 0.15) is 11.5 Å². The average Bonchev–Trinajstić information content (AvgIpc) is 2.81.